The van der Waals surface area contributed by atoms with Crippen molar-refractivity contribution in [3.8, 4) is 11.8 Å². The van der Waals surface area contributed by atoms with Gasteiger partial charge in [0.05, 0.1) is 0 Å². The maximum atomic E-state index is 11.0. The molecular formula is C18H20O. The summed E-state index contributed by atoms with van der Waals surface area (Å²) in [5, 5.41) is 13.3. The standard InChI is InChI=1S/C18H20O/c1-5-12-18(19,17(2,3)4)16-11-10-14-8-6-7-9-15(14)13-16/h6-11,13,19H,1-4H3. The van der Waals surface area contributed by atoms with Crippen LogP contribution in [-0.2, 0) is 5.60 Å². The normalized spacial score (nSPS) is 14.6. The average Bonchev–Trinajstić information content (AvgIpc) is 2.37. The van der Waals surface area contributed by atoms with Crippen molar-refractivity contribution in [1.82, 2.24) is 0 Å². The zero-order chi connectivity index (χ0) is 14.1. The minimum atomic E-state index is -1.13. The van der Waals surface area contributed by atoms with Crippen LogP contribution < -0.4 is 0 Å². The van der Waals surface area contributed by atoms with E-state index >= 15 is 0 Å². The summed E-state index contributed by atoms with van der Waals surface area (Å²) in [6, 6.07) is 14.2. The monoisotopic (exact) mass is 252 g/mol. The maximum absolute atomic E-state index is 11.0. The first-order valence-corrected chi connectivity index (χ1v) is 6.54. The Kier molecular flexibility index (Phi) is 3.39. The van der Waals surface area contributed by atoms with Gasteiger partial charge in [-0.3, -0.25) is 0 Å². The molecule has 0 spiro atoms. The summed E-state index contributed by atoms with van der Waals surface area (Å²) < 4.78 is 0. The van der Waals surface area contributed by atoms with Gasteiger partial charge in [-0.1, -0.05) is 63.1 Å². The lowest BCUT2D eigenvalue weighted by atomic mass is 9.72. The molecule has 0 aliphatic carbocycles. The van der Waals surface area contributed by atoms with Gasteiger partial charge in [-0.2, -0.15) is 0 Å². The molecule has 0 aromatic heterocycles. The zero-order valence-corrected chi connectivity index (χ0v) is 12.0. The number of hydrogen-bond donors (Lipinski definition) is 1. The van der Waals surface area contributed by atoms with Gasteiger partial charge in [-0.05, 0) is 29.3 Å². The molecule has 0 heterocycles. The first-order chi connectivity index (χ1) is 8.88. The van der Waals surface area contributed by atoms with Gasteiger partial charge in [0, 0.05) is 5.41 Å². The fraction of sp³-hybridized carbons (Fsp3) is 0.333. The van der Waals surface area contributed by atoms with Gasteiger partial charge in [0.15, 0.2) is 5.60 Å². The summed E-state index contributed by atoms with van der Waals surface area (Å²) in [4.78, 5) is 0. The van der Waals surface area contributed by atoms with Crippen LogP contribution in [0.15, 0.2) is 42.5 Å². The molecule has 0 fully saturated rings. The highest BCUT2D eigenvalue weighted by atomic mass is 16.3. The van der Waals surface area contributed by atoms with E-state index in [4.69, 9.17) is 0 Å². The third kappa shape index (κ3) is 2.37. The van der Waals surface area contributed by atoms with Crippen LogP contribution in [0.5, 0.6) is 0 Å². The smallest absolute Gasteiger partial charge is 0.155 e. The quantitative estimate of drug-likeness (QED) is 0.758. The van der Waals surface area contributed by atoms with E-state index in [1.165, 1.54) is 5.39 Å². The summed E-state index contributed by atoms with van der Waals surface area (Å²) in [7, 11) is 0. The highest BCUT2D eigenvalue weighted by molar-refractivity contribution is 5.83. The molecule has 19 heavy (non-hydrogen) atoms. The van der Waals surface area contributed by atoms with Gasteiger partial charge in [-0.15, -0.1) is 5.92 Å². The topological polar surface area (TPSA) is 20.2 Å². The second-order valence-electron chi connectivity index (χ2n) is 5.90. The summed E-state index contributed by atoms with van der Waals surface area (Å²) in [5.41, 5.74) is -0.627. The van der Waals surface area contributed by atoms with Gasteiger partial charge in [-0.25, -0.2) is 0 Å². The Morgan fingerprint density at radius 2 is 1.58 bits per heavy atom. The van der Waals surface area contributed by atoms with Crippen molar-refractivity contribution in [1.29, 1.82) is 0 Å². The largest absolute Gasteiger partial charge is 0.373 e. The molecule has 1 nitrogen and oxygen atoms in total. The van der Waals surface area contributed by atoms with Crippen molar-refractivity contribution in [3.63, 3.8) is 0 Å². The lowest BCUT2D eigenvalue weighted by Gasteiger charge is -2.36. The second-order valence-corrected chi connectivity index (χ2v) is 5.90. The van der Waals surface area contributed by atoms with E-state index in [-0.39, 0.29) is 5.41 Å². The average molecular weight is 252 g/mol. The van der Waals surface area contributed by atoms with Crippen LogP contribution in [0.25, 0.3) is 10.8 Å². The van der Waals surface area contributed by atoms with Gasteiger partial charge in [0.2, 0.25) is 0 Å². The number of aliphatic hydroxyl groups is 1. The zero-order valence-electron chi connectivity index (χ0n) is 12.0. The van der Waals surface area contributed by atoms with E-state index in [1.54, 1.807) is 6.92 Å². The molecular weight excluding hydrogens is 232 g/mol. The Morgan fingerprint density at radius 3 is 2.16 bits per heavy atom. The molecule has 1 unspecified atom stereocenters. The van der Waals surface area contributed by atoms with Gasteiger partial charge >= 0.3 is 0 Å². The number of fused-ring (bicyclic) bond motifs is 1. The Labute approximate surface area is 115 Å². The van der Waals surface area contributed by atoms with Gasteiger partial charge in [0.1, 0.15) is 0 Å². The van der Waals surface area contributed by atoms with Crippen LogP contribution in [0, 0.1) is 17.3 Å². The molecule has 1 atom stereocenters. The van der Waals surface area contributed by atoms with Crippen molar-refractivity contribution < 1.29 is 5.11 Å². The maximum Gasteiger partial charge on any atom is 0.155 e. The molecule has 2 rings (SSSR count). The Bertz CT molecular complexity index is 652. The molecule has 1 N–H and O–H groups in total. The first kappa shape index (κ1) is 13.6. The predicted octanol–water partition coefficient (Wildman–Crippen LogP) is 4.10. The van der Waals surface area contributed by atoms with Crippen molar-refractivity contribution in [3.05, 3.63) is 48.0 Å². The summed E-state index contributed by atoms with van der Waals surface area (Å²) in [6.07, 6.45) is 0. The van der Waals surface area contributed by atoms with Crippen LogP contribution in [-0.4, -0.2) is 5.11 Å². The predicted molar refractivity (Wildman–Crippen MR) is 80.7 cm³/mol. The van der Waals surface area contributed by atoms with Crippen molar-refractivity contribution in [2.75, 3.05) is 0 Å². The van der Waals surface area contributed by atoms with E-state index in [2.05, 4.69) is 24.0 Å². The third-order valence-electron chi connectivity index (χ3n) is 3.56. The minimum Gasteiger partial charge on any atom is -0.373 e. The molecule has 2 aromatic carbocycles. The molecule has 0 radical (unpaired) electrons. The van der Waals surface area contributed by atoms with Crippen LogP contribution in [0.4, 0.5) is 0 Å². The second kappa shape index (κ2) is 4.72. The fourth-order valence-corrected chi connectivity index (χ4v) is 2.29. The van der Waals surface area contributed by atoms with E-state index in [0.717, 1.165) is 10.9 Å². The van der Waals surface area contributed by atoms with E-state index in [9.17, 15) is 5.11 Å². The Balaban J connectivity index is 2.66. The molecule has 2 aromatic rings. The SMILES string of the molecule is CC#CC(O)(c1ccc2ccccc2c1)C(C)(C)C. The number of benzene rings is 2. The molecule has 0 aliphatic heterocycles. The van der Waals surface area contributed by atoms with Gasteiger partial charge < -0.3 is 5.11 Å². The van der Waals surface area contributed by atoms with E-state index in [0.29, 0.717) is 0 Å². The van der Waals surface area contributed by atoms with Crippen molar-refractivity contribution in [2.45, 2.75) is 33.3 Å². The lowest BCUT2D eigenvalue weighted by Crippen LogP contribution is -2.38. The fourth-order valence-electron chi connectivity index (χ4n) is 2.29. The van der Waals surface area contributed by atoms with Crippen LogP contribution in [0.2, 0.25) is 0 Å². The minimum absolute atomic E-state index is 0.349. The number of hydrogen-bond acceptors (Lipinski definition) is 1. The molecule has 0 amide bonds. The highest BCUT2D eigenvalue weighted by Crippen LogP contribution is 2.39. The van der Waals surface area contributed by atoms with Crippen LogP contribution >= 0.6 is 0 Å². The highest BCUT2D eigenvalue weighted by Gasteiger charge is 2.40. The van der Waals surface area contributed by atoms with Crippen LogP contribution in [0.3, 0.4) is 0 Å². The summed E-state index contributed by atoms with van der Waals surface area (Å²) in [5.74, 6) is 5.85. The first-order valence-electron chi connectivity index (χ1n) is 6.54. The summed E-state index contributed by atoms with van der Waals surface area (Å²) in [6.45, 7) is 7.78. The molecule has 0 aliphatic rings. The molecule has 0 bridgehead atoms. The van der Waals surface area contributed by atoms with Crippen LogP contribution in [0.1, 0.15) is 33.3 Å². The van der Waals surface area contributed by atoms with Gasteiger partial charge in [0.25, 0.3) is 0 Å². The number of rotatable bonds is 1. The van der Waals surface area contributed by atoms with E-state index in [1.807, 2.05) is 51.1 Å². The molecule has 98 valence electrons. The molecule has 0 saturated carbocycles. The Morgan fingerprint density at radius 1 is 0.947 bits per heavy atom. The van der Waals surface area contributed by atoms with Crippen molar-refractivity contribution >= 4 is 10.8 Å². The molecule has 1 heteroatoms. The van der Waals surface area contributed by atoms with E-state index < -0.39 is 5.60 Å². The molecule has 0 saturated heterocycles. The Hall–Kier alpha value is -1.78. The summed E-state index contributed by atoms with van der Waals surface area (Å²) >= 11 is 0. The third-order valence-corrected chi connectivity index (χ3v) is 3.56. The van der Waals surface area contributed by atoms with Crippen molar-refractivity contribution in [2.24, 2.45) is 5.41 Å². The lowest BCUT2D eigenvalue weighted by molar-refractivity contribution is -0.00893.